The molecule has 0 bridgehead atoms. The number of likely N-dealkylation sites (N-methyl/N-ethyl adjacent to an activating group) is 1. The van der Waals surface area contributed by atoms with Crippen molar-refractivity contribution in [3.05, 3.63) is 59.2 Å². The lowest BCUT2D eigenvalue weighted by Crippen LogP contribution is -2.23. The second-order valence-electron chi connectivity index (χ2n) is 6.51. The van der Waals surface area contributed by atoms with Gasteiger partial charge in [-0.25, -0.2) is 8.42 Å². The van der Waals surface area contributed by atoms with E-state index < -0.39 is 38.4 Å². The highest BCUT2D eigenvalue weighted by Crippen LogP contribution is 2.37. The summed E-state index contributed by atoms with van der Waals surface area (Å²) in [4.78, 5) is 11.8. The number of hydrogen-bond donors (Lipinski definition) is 1. The topological polar surface area (TPSA) is 66.5 Å². The Labute approximate surface area is 168 Å². The predicted molar refractivity (Wildman–Crippen MR) is 96.1 cm³/mol. The minimum atomic E-state index is -5.17. The van der Waals surface area contributed by atoms with E-state index in [0.29, 0.717) is 5.56 Å². The van der Waals surface area contributed by atoms with Crippen LogP contribution in [0.2, 0.25) is 0 Å². The third kappa shape index (κ3) is 5.88. The number of anilines is 1. The number of hydrogen-bond acceptors (Lipinski definition) is 3. The number of amides is 1. The average Bonchev–Trinajstić information content (AvgIpc) is 2.61. The van der Waals surface area contributed by atoms with Gasteiger partial charge in [0.05, 0.1) is 22.4 Å². The largest absolute Gasteiger partial charge is 0.416 e. The summed E-state index contributed by atoms with van der Waals surface area (Å²) in [5.74, 6) is -0.216. The molecule has 12 heteroatoms. The third-order valence-electron chi connectivity index (χ3n) is 3.93. The monoisotopic (exact) mass is 454 g/mol. The standard InChI is InChI=1S/C18H16F6N2O3S/c1-26(2)16(27)7-11-3-5-14(6-4-11)25-30(28,29)15-9-12(17(19,20)21)8-13(10-15)18(22,23)24/h3-6,8-10,25H,7H2,1-2H3. The molecule has 2 aromatic carbocycles. The molecule has 0 heterocycles. The van der Waals surface area contributed by atoms with E-state index in [1.807, 2.05) is 4.72 Å². The minimum absolute atomic E-state index is 0.0304. The molecule has 30 heavy (non-hydrogen) atoms. The molecule has 1 N–H and O–H groups in total. The van der Waals surface area contributed by atoms with E-state index in [4.69, 9.17) is 0 Å². The Kier molecular flexibility index (Phi) is 6.40. The van der Waals surface area contributed by atoms with Gasteiger partial charge in [0.25, 0.3) is 10.0 Å². The summed E-state index contributed by atoms with van der Waals surface area (Å²) in [6, 6.07) is 5.40. The van der Waals surface area contributed by atoms with Crippen LogP contribution in [0.4, 0.5) is 32.0 Å². The zero-order chi connectivity index (χ0) is 22.9. The fourth-order valence-electron chi connectivity index (χ4n) is 2.32. The van der Waals surface area contributed by atoms with Crippen LogP contribution in [0.3, 0.4) is 0 Å². The molecule has 0 atom stereocenters. The van der Waals surface area contributed by atoms with E-state index in [1.165, 1.54) is 29.2 Å². The number of carbonyl (C=O) groups is 1. The summed E-state index contributed by atoms with van der Waals surface area (Å²) < 4.78 is 104. The molecule has 0 unspecified atom stereocenters. The number of sulfonamides is 1. The molecule has 0 radical (unpaired) electrons. The highest BCUT2D eigenvalue weighted by Gasteiger charge is 2.38. The van der Waals surface area contributed by atoms with Gasteiger partial charge in [-0.15, -0.1) is 0 Å². The number of alkyl halides is 6. The third-order valence-corrected chi connectivity index (χ3v) is 5.29. The van der Waals surface area contributed by atoms with Crippen LogP contribution in [-0.2, 0) is 33.6 Å². The van der Waals surface area contributed by atoms with Crippen LogP contribution >= 0.6 is 0 Å². The molecule has 5 nitrogen and oxygen atoms in total. The van der Waals surface area contributed by atoms with Gasteiger partial charge < -0.3 is 4.90 Å². The van der Waals surface area contributed by atoms with Crippen LogP contribution in [-0.4, -0.2) is 33.3 Å². The van der Waals surface area contributed by atoms with Crippen molar-refractivity contribution in [2.75, 3.05) is 18.8 Å². The van der Waals surface area contributed by atoms with Crippen molar-refractivity contribution >= 4 is 21.6 Å². The molecule has 0 fully saturated rings. The minimum Gasteiger partial charge on any atom is -0.349 e. The van der Waals surface area contributed by atoms with Gasteiger partial charge in [0.2, 0.25) is 5.91 Å². The van der Waals surface area contributed by atoms with Gasteiger partial charge in [-0.1, -0.05) is 12.1 Å². The lowest BCUT2D eigenvalue weighted by atomic mass is 10.1. The Balaban J connectivity index is 2.36. The van der Waals surface area contributed by atoms with Crippen LogP contribution < -0.4 is 4.72 Å². The number of nitrogens with one attached hydrogen (secondary N) is 1. The van der Waals surface area contributed by atoms with Crippen LogP contribution in [0.5, 0.6) is 0 Å². The van der Waals surface area contributed by atoms with Crippen molar-refractivity contribution in [2.45, 2.75) is 23.7 Å². The first-order valence-electron chi connectivity index (χ1n) is 8.21. The SMILES string of the molecule is CN(C)C(=O)Cc1ccc(NS(=O)(=O)c2cc(C(F)(F)F)cc(C(F)(F)F)c2)cc1. The van der Waals surface area contributed by atoms with Gasteiger partial charge in [-0.05, 0) is 35.9 Å². The molecule has 0 aliphatic rings. The maximum atomic E-state index is 12.9. The molecule has 0 saturated carbocycles. The van der Waals surface area contributed by atoms with Gasteiger partial charge >= 0.3 is 12.4 Å². The molecule has 164 valence electrons. The fourth-order valence-corrected chi connectivity index (χ4v) is 3.45. The van der Waals surface area contributed by atoms with Gasteiger partial charge in [-0.2, -0.15) is 26.3 Å². The summed E-state index contributed by atoms with van der Waals surface area (Å²) in [5.41, 5.74) is -3.04. The maximum absolute atomic E-state index is 12.9. The van der Waals surface area contributed by atoms with Crippen LogP contribution in [0, 0.1) is 0 Å². The fraction of sp³-hybridized carbons (Fsp3) is 0.278. The molecular formula is C18H16F6N2O3S. The number of carbonyl (C=O) groups excluding carboxylic acids is 1. The predicted octanol–water partition coefficient (Wildman–Crippen LogP) is 4.16. The molecule has 2 rings (SSSR count). The lowest BCUT2D eigenvalue weighted by Gasteiger charge is -2.15. The first-order valence-corrected chi connectivity index (χ1v) is 9.69. The Bertz CT molecular complexity index is 997. The number of nitrogens with zero attached hydrogens (tertiary/aromatic N) is 1. The Morgan fingerprint density at radius 3 is 1.77 bits per heavy atom. The Morgan fingerprint density at radius 2 is 1.37 bits per heavy atom. The summed E-state index contributed by atoms with van der Waals surface area (Å²) in [5, 5.41) is 0. The van der Waals surface area contributed by atoms with E-state index in [-0.39, 0.29) is 36.2 Å². The van der Waals surface area contributed by atoms with Crippen molar-refractivity contribution in [1.82, 2.24) is 4.90 Å². The molecule has 0 aromatic heterocycles. The highest BCUT2D eigenvalue weighted by atomic mass is 32.2. The van der Waals surface area contributed by atoms with E-state index >= 15 is 0 Å². The summed E-state index contributed by atoms with van der Waals surface area (Å²) >= 11 is 0. The average molecular weight is 454 g/mol. The number of rotatable bonds is 5. The first-order chi connectivity index (χ1) is 13.6. The summed E-state index contributed by atoms with van der Waals surface area (Å²) in [6.07, 6.45) is -10.3. The molecular weight excluding hydrogens is 438 g/mol. The van der Waals surface area contributed by atoms with E-state index in [0.717, 1.165) is 0 Å². The second kappa shape index (κ2) is 8.17. The van der Waals surface area contributed by atoms with Crippen molar-refractivity contribution in [1.29, 1.82) is 0 Å². The quantitative estimate of drug-likeness (QED) is 0.691. The first kappa shape index (κ1) is 23.5. The Morgan fingerprint density at radius 1 is 0.900 bits per heavy atom. The van der Waals surface area contributed by atoms with E-state index in [1.54, 1.807) is 14.1 Å². The van der Waals surface area contributed by atoms with Gasteiger partial charge in [0, 0.05) is 19.8 Å². The zero-order valence-electron chi connectivity index (χ0n) is 15.6. The highest BCUT2D eigenvalue weighted by molar-refractivity contribution is 7.92. The van der Waals surface area contributed by atoms with Crippen LogP contribution in [0.15, 0.2) is 47.4 Å². The second-order valence-corrected chi connectivity index (χ2v) is 8.19. The molecule has 0 spiro atoms. The van der Waals surface area contributed by atoms with Crippen LogP contribution in [0.25, 0.3) is 0 Å². The molecule has 2 aromatic rings. The van der Waals surface area contributed by atoms with Crippen molar-refractivity contribution < 1.29 is 39.6 Å². The molecule has 0 saturated heterocycles. The van der Waals surface area contributed by atoms with Gasteiger partial charge in [0.15, 0.2) is 0 Å². The van der Waals surface area contributed by atoms with Gasteiger partial charge in [0.1, 0.15) is 0 Å². The summed E-state index contributed by atoms with van der Waals surface area (Å²) in [7, 11) is -1.65. The van der Waals surface area contributed by atoms with Crippen molar-refractivity contribution in [3.8, 4) is 0 Å². The van der Waals surface area contributed by atoms with Crippen molar-refractivity contribution in [3.63, 3.8) is 0 Å². The smallest absolute Gasteiger partial charge is 0.349 e. The Hall–Kier alpha value is -2.76. The molecule has 0 aliphatic carbocycles. The lowest BCUT2D eigenvalue weighted by molar-refractivity contribution is -0.143. The summed E-state index contributed by atoms with van der Waals surface area (Å²) in [6.45, 7) is 0. The maximum Gasteiger partial charge on any atom is 0.416 e. The van der Waals surface area contributed by atoms with E-state index in [2.05, 4.69) is 0 Å². The number of halogens is 6. The van der Waals surface area contributed by atoms with Crippen LogP contribution in [0.1, 0.15) is 16.7 Å². The van der Waals surface area contributed by atoms with E-state index in [9.17, 15) is 39.6 Å². The normalized spacial score (nSPS) is 12.5. The number of benzene rings is 2. The molecule has 1 amide bonds. The van der Waals surface area contributed by atoms with Gasteiger partial charge in [-0.3, -0.25) is 9.52 Å². The zero-order valence-corrected chi connectivity index (χ0v) is 16.4. The van der Waals surface area contributed by atoms with Crippen molar-refractivity contribution in [2.24, 2.45) is 0 Å². The molecule has 0 aliphatic heterocycles.